The molecule has 1 aromatic carbocycles. The van der Waals surface area contributed by atoms with Crippen LogP contribution in [-0.2, 0) is 4.79 Å². The Morgan fingerprint density at radius 1 is 1.44 bits per heavy atom. The minimum Gasteiger partial charge on any atom is -0.484 e. The quantitative estimate of drug-likeness (QED) is 0.798. The van der Waals surface area contributed by atoms with Gasteiger partial charge in [-0.25, -0.2) is 0 Å². The van der Waals surface area contributed by atoms with Gasteiger partial charge in [0.2, 0.25) is 0 Å². The highest BCUT2D eigenvalue weighted by Gasteiger charge is 2.04. The van der Waals surface area contributed by atoms with Crippen molar-refractivity contribution in [1.82, 2.24) is 5.32 Å². The maximum absolute atomic E-state index is 11.5. The molecule has 0 heterocycles. The van der Waals surface area contributed by atoms with E-state index < -0.39 is 0 Å². The summed E-state index contributed by atoms with van der Waals surface area (Å²) in [6, 6.07) is 5.66. The zero-order valence-corrected chi connectivity index (χ0v) is 12.6. The Bertz CT molecular complexity index is 408. The molecule has 0 bridgehead atoms. The van der Waals surface area contributed by atoms with E-state index >= 15 is 0 Å². The Balaban J connectivity index is 2.31. The molecule has 4 nitrogen and oxygen atoms in total. The summed E-state index contributed by atoms with van der Waals surface area (Å²) < 4.78 is 6.46. The lowest BCUT2D eigenvalue weighted by atomic mass is 10.2. The van der Waals surface area contributed by atoms with E-state index in [9.17, 15) is 4.79 Å². The van der Waals surface area contributed by atoms with Gasteiger partial charge in [-0.15, -0.1) is 0 Å². The highest BCUT2D eigenvalue weighted by atomic mass is 79.9. The van der Waals surface area contributed by atoms with Crippen molar-refractivity contribution < 1.29 is 14.4 Å². The molecule has 0 aromatic heterocycles. The number of amides is 1. The first kappa shape index (κ1) is 15.0. The summed E-state index contributed by atoms with van der Waals surface area (Å²) in [4.78, 5) is 12.8. The number of quaternary nitrogens is 1. The lowest BCUT2D eigenvalue weighted by Gasteiger charge is -2.10. The van der Waals surface area contributed by atoms with Gasteiger partial charge < -0.3 is 15.0 Å². The fourth-order valence-corrected chi connectivity index (χ4v) is 1.61. The first-order valence-electron chi connectivity index (χ1n) is 5.93. The van der Waals surface area contributed by atoms with Crippen LogP contribution in [0.15, 0.2) is 22.7 Å². The average molecular weight is 316 g/mol. The number of carbonyl (C=O) groups excluding carboxylic acids is 1. The molecule has 1 rings (SSSR count). The van der Waals surface area contributed by atoms with Gasteiger partial charge in [0.25, 0.3) is 5.91 Å². The first-order valence-corrected chi connectivity index (χ1v) is 6.73. The van der Waals surface area contributed by atoms with Crippen molar-refractivity contribution in [1.29, 1.82) is 0 Å². The van der Waals surface area contributed by atoms with Gasteiger partial charge in [0.15, 0.2) is 6.61 Å². The van der Waals surface area contributed by atoms with Crippen LogP contribution in [0.3, 0.4) is 0 Å². The summed E-state index contributed by atoms with van der Waals surface area (Å²) in [6.45, 7) is 3.62. The molecule has 0 aliphatic carbocycles. The van der Waals surface area contributed by atoms with Gasteiger partial charge in [0.05, 0.1) is 27.2 Å². The lowest BCUT2D eigenvalue weighted by Crippen LogP contribution is -3.06. The summed E-state index contributed by atoms with van der Waals surface area (Å²) in [5, 5.41) is 2.82. The smallest absolute Gasteiger partial charge is 0.258 e. The fourth-order valence-electron chi connectivity index (χ4n) is 1.36. The zero-order valence-electron chi connectivity index (χ0n) is 11.0. The molecule has 0 aliphatic rings. The number of hydrogen-bond donors (Lipinski definition) is 2. The van der Waals surface area contributed by atoms with E-state index in [-0.39, 0.29) is 12.5 Å². The third-order valence-electron chi connectivity index (χ3n) is 2.45. The molecule has 100 valence electrons. The number of halogens is 1. The Morgan fingerprint density at radius 2 is 2.17 bits per heavy atom. The van der Waals surface area contributed by atoms with Crippen LogP contribution in [0.4, 0.5) is 0 Å². The third-order valence-corrected chi connectivity index (χ3v) is 3.34. The number of nitrogens with one attached hydrogen (secondary N) is 2. The van der Waals surface area contributed by atoms with Gasteiger partial charge >= 0.3 is 0 Å². The molecule has 0 fully saturated rings. The van der Waals surface area contributed by atoms with Crippen LogP contribution in [0.25, 0.3) is 0 Å². The zero-order chi connectivity index (χ0) is 13.5. The van der Waals surface area contributed by atoms with Crippen LogP contribution in [0, 0.1) is 6.92 Å². The van der Waals surface area contributed by atoms with Crippen LogP contribution in [0.1, 0.15) is 5.56 Å². The van der Waals surface area contributed by atoms with E-state index in [1.54, 1.807) is 0 Å². The van der Waals surface area contributed by atoms with E-state index in [0.717, 1.165) is 16.6 Å². The van der Waals surface area contributed by atoms with Crippen molar-refractivity contribution in [2.24, 2.45) is 0 Å². The van der Waals surface area contributed by atoms with E-state index in [2.05, 4.69) is 21.2 Å². The van der Waals surface area contributed by atoms with Gasteiger partial charge in [-0.05, 0) is 30.7 Å². The molecule has 18 heavy (non-hydrogen) atoms. The molecule has 0 spiro atoms. The van der Waals surface area contributed by atoms with Gasteiger partial charge in [-0.1, -0.05) is 15.9 Å². The van der Waals surface area contributed by atoms with Crippen LogP contribution in [-0.4, -0.2) is 39.7 Å². The number of rotatable bonds is 6. The SMILES string of the molecule is Cc1cc(OCC(=O)NCC[NH+](C)C)ccc1Br. The molecular formula is C13H20BrN2O2+. The highest BCUT2D eigenvalue weighted by Crippen LogP contribution is 2.21. The van der Waals surface area contributed by atoms with Crippen molar-refractivity contribution in [2.45, 2.75) is 6.92 Å². The predicted molar refractivity (Wildman–Crippen MR) is 75.1 cm³/mol. The second-order valence-electron chi connectivity index (χ2n) is 4.51. The summed E-state index contributed by atoms with van der Waals surface area (Å²) >= 11 is 3.42. The molecule has 0 aliphatic heterocycles. The first-order chi connectivity index (χ1) is 8.49. The number of likely N-dealkylation sites (N-methyl/N-ethyl adjacent to an activating group) is 1. The second kappa shape index (κ2) is 7.38. The molecule has 0 saturated heterocycles. The minimum atomic E-state index is -0.0863. The van der Waals surface area contributed by atoms with Gasteiger partial charge in [-0.3, -0.25) is 4.79 Å². The number of ether oxygens (including phenoxy) is 1. The molecule has 1 aromatic rings. The van der Waals surface area contributed by atoms with Crippen LogP contribution in [0.2, 0.25) is 0 Å². The van der Waals surface area contributed by atoms with Gasteiger partial charge in [0, 0.05) is 4.47 Å². The fraction of sp³-hybridized carbons (Fsp3) is 0.462. The Labute approximate surface area is 116 Å². The van der Waals surface area contributed by atoms with E-state index in [0.29, 0.717) is 12.3 Å². The topological polar surface area (TPSA) is 42.8 Å². The van der Waals surface area contributed by atoms with Crippen molar-refractivity contribution in [3.8, 4) is 5.75 Å². The average Bonchev–Trinajstić information content (AvgIpc) is 2.30. The summed E-state index contributed by atoms with van der Waals surface area (Å²) in [5.41, 5.74) is 1.09. The standard InChI is InChI=1S/C13H19BrN2O2/c1-10-8-11(4-5-12(10)14)18-9-13(17)15-6-7-16(2)3/h4-5,8H,6-7,9H2,1-3H3,(H,15,17)/p+1. The predicted octanol–water partition coefficient (Wildman–Crippen LogP) is 0.397. The van der Waals surface area contributed by atoms with Gasteiger partial charge in [0.1, 0.15) is 5.75 Å². The Hall–Kier alpha value is -1.07. The Kier molecular flexibility index (Phi) is 6.15. The summed E-state index contributed by atoms with van der Waals surface area (Å²) in [5.74, 6) is 0.626. The number of carbonyl (C=O) groups is 1. The maximum atomic E-state index is 11.5. The van der Waals surface area contributed by atoms with Crippen LogP contribution < -0.4 is 15.0 Å². The van der Waals surface area contributed by atoms with Crippen molar-refractivity contribution in [3.63, 3.8) is 0 Å². The van der Waals surface area contributed by atoms with E-state index in [1.165, 1.54) is 4.90 Å². The third kappa shape index (κ3) is 5.51. The molecule has 5 heteroatoms. The maximum Gasteiger partial charge on any atom is 0.258 e. The van der Waals surface area contributed by atoms with E-state index in [1.807, 2.05) is 39.2 Å². The molecule has 0 radical (unpaired) electrons. The van der Waals surface area contributed by atoms with Crippen molar-refractivity contribution in [3.05, 3.63) is 28.2 Å². The molecule has 0 unspecified atom stereocenters. The molecular weight excluding hydrogens is 296 g/mol. The molecule has 2 N–H and O–H groups in total. The van der Waals surface area contributed by atoms with Crippen molar-refractivity contribution in [2.75, 3.05) is 33.8 Å². The Morgan fingerprint density at radius 3 is 2.78 bits per heavy atom. The lowest BCUT2D eigenvalue weighted by molar-refractivity contribution is -0.856. The normalized spacial score (nSPS) is 10.5. The number of hydrogen-bond acceptors (Lipinski definition) is 2. The number of aryl methyl sites for hydroxylation is 1. The number of benzene rings is 1. The van der Waals surface area contributed by atoms with Crippen LogP contribution >= 0.6 is 15.9 Å². The summed E-state index contributed by atoms with van der Waals surface area (Å²) in [6.07, 6.45) is 0. The van der Waals surface area contributed by atoms with Gasteiger partial charge in [-0.2, -0.15) is 0 Å². The highest BCUT2D eigenvalue weighted by molar-refractivity contribution is 9.10. The van der Waals surface area contributed by atoms with Crippen LogP contribution in [0.5, 0.6) is 5.75 Å². The molecule has 0 saturated carbocycles. The molecule has 1 amide bonds. The van der Waals surface area contributed by atoms with E-state index in [4.69, 9.17) is 4.74 Å². The summed E-state index contributed by atoms with van der Waals surface area (Å²) in [7, 11) is 4.10. The molecule has 0 atom stereocenters. The minimum absolute atomic E-state index is 0.0594. The monoisotopic (exact) mass is 315 g/mol. The largest absolute Gasteiger partial charge is 0.484 e. The second-order valence-corrected chi connectivity index (χ2v) is 5.36. The van der Waals surface area contributed by atoms with Crippen molar-refractivity contribution >= 4 is 21.8 Å².